The van der Waals surface area contributed by atoms with Crippen LogP contribution in [-0.4, -0.2) is 35.4 Å². The van der Waals surface area contributed by atoms with Gasteiger partial charge in [0.15, 0.2) is 5.76 Å². The quantitative estimate of drug-likeness (QED) is 0.472. The second-order valence-corrected chi connectivity index (χ2v) is 8.51. The summed E-state index contributed by atoms with van der Waals surface area (Å²) in [6.45, 7) is 3.38. The molecular weight excluding hydrogens is 434 g/mol. The van der Waals surface area contributed by atoms with E-state index in [9.17, 15) is 13.2 Å². The van der Waals surface area contributed by atoms with E-state index in [-0.39, 0.29) is 16.2 Å². The van der Waals surface area contributed by atoms with Crippen molar-refractivity contribution in [3.63, 3.8) is 0 Å². The Hall–Kier alpha value is -3.99. The number of methoxy groups -OCH3 is 1. The third-order valence-electron chi connectivity index (χ3n) is 4.67. The molecule has 4 rings (SSSR count). The number of rotatable bonds is 6. The van der Waals surface area contributed by atoms with Gasteiger partial charge in [-0.15, -0.1) is 0 Å². The summed E-state index contributed by atoms with van der Waals surface area (Å²) in [6, 6.07) is 10.7. The van der Waals surface area contributed by atoms with Crippen molar-refractivity contribution in [2.75, 3.05) is 11.8 Å². The summed E-state index contributed by atoms with van der Waals surface area (Å²) >= 11 is 0. The average Bonchev–Trinajstić information content (AvgIpc) is 3.12. The van der Waals surface area contributed by atoms with Gasteiger partial charge in [0.05, 0.1) is 24.7 Å². The number of nitrogens with one attached hydrogen (secondary N) is 1. The Morgan fingerprint density at radius 3 is 2.59 bits per heavy atom. The molecule has 10 nitrogen and oxygen atoms in total. The van der Waals surface area contributed by atoms with Crippen molar-refractivity contribution in [1.82, 2.24) is 19.9 Å². The maximum Gasteiger partial charge on any atom is 0.271 e. The monoisotopic (exact) mass is 453 g/mol. The van der Waals surface area contributed by atoms with Crippen molar-refractivity contribution < 1.29 is 17.7 Å². The molecule has 32 heavy (non-hydrogen) atoms. The molecular formula is C21H19N5O5S. The molecule has 0 bridgehead atoms. The molecule has 3 heterocycles. The molecule has 164 valence electrons. The second-order valence-electron chi connectivity index (χ2n) is 6.85. The van der Waals surface area contributed by atoms with E-state index >= 15 is 0 Å². The molecule has 0 atom stereocenters. The van der Waals surface area contributed by atoms with Gasteiger partial charge >= 0.3 is 0 Å². The number of benzene rings is 1. The van der Waals surface area contributed by atoms with Gasteiger partial charge in [-0.05, 0) is 50.2 Å². The minimum absolute atomic E-state index is 0.0850. The number of ether oxygens (including phenoxy) is 1. The number of hydrogen-bond acceptors (Lipinski definition) is 8. The Morgan fingerprint density at radius 2 is 1.94 bits per heavy atom. The van der Waals surface area contributed by atoms with Crippen LogP contribution in [0, 0.1) is 13.8 Å². The molecule has 0 aliphatic carbocycles. The molecule has 0 saturated heterocycles. The summed E-state index contributed by atoms with van der Waals surface area (Å²) in [4.78, 5) is 16.3. The number of anilines is 1. The number of aryl methyl sites for hydroxylation is 2. The Kier molecular flexibility index (Phi) is 5.49. The van der Waals surface area contributed by atoms with Crippen molar-refractivity contribution in [2.45, 2.75) is 18.7 Å². The highest BCUT2D eigenvalue weighted by atomic mass is 32.2. The summed E-state index contributed by atoms with van der Waals surface area (Å²) in [5.74, 6) is 0.595. The van der Waals surface area contributed by atoms with E-state index in [0.29, 0.717) is 34.1 Å². The van der Waals surface area contributed by atoms with Crippen LogP contribution < -0.4 is 15.0 Å². The van der Waals surface area contributed by atoms with Crippen molar-refractivity contribution >= 4 is 15.7 Å². The minimum Gasteiger partial charge on any atom is -0.495 e. The first kappa shape index (κ1) is 21.2. The Labute approximate surface area is 183 Å². The highest BCUT2D eigenvalue weighted by Crippen LogP contribution is 2.30. The Bertz CT molecular complexity index is 1430. The van der Waals surface area contributed by atoms with Crippen molar-refractivity contribution in [2.24, 2.45) is 0 Å². The largest absolute Gasteiger partial charge is 0.495 e. The standard InChI is InChI=1S/C21H19N5O5S/c1-13-21(14(2)31-24-13)26-20(27)9-7-17(23-26)15-6-8-18(30-3)19(11-15)32(28,29)25-16-5-4-10-22-12-16/h4-12,25H,1-3H3. The van der Waals surface area contributed by atoms with Crippen molar-refractivity contribution in [1.29, 1.82) is 0 Å². The molecule has 0 saturated carbocycles. The van der Waals surface area contributed by atoms with E-state index < -0.39 is 10.0 Å². The normalized spacial score (nSPS) is 11.3. The fraction of sp³-hybridized carbons (Fsp3) is 0.143. The summed E-state index contributed by atoms with van der Waals surface area (Å²) < 4.78 is 40.2. The predicted octanol–water partition coefficient (Wildman–Crippen LogP) is 2.71. The highest BCUT2D eigenvalue weighted by molar-refractivity contribution is 7.92. The zero-order chi connectivity index (χ0) is 22.9. The van der Waals surface area contributed by atoms with Gasteiger partial charge in [0.1, 0.15) is 22.0 Å². The predicted molar refractivity (Wildman–Crippen MR) is 116 cm³/mol. The number of hydrogen-bond donors (Lipinski definition) is 1. The third-order valence-corrected chi connectivity index (χ3v) is 6.07. The van der Waals surface area contributed by atoms with Crippen LogP contribution >= 0.6 is 0 Å². The van der Waals surface area contributed by atoms with Gasteiger partial charge in [-0.2, -0.15) is 9.78 Å². The minimum atomic E-state index is -4.00. The Morgan fingerprint density at radius 1 is 1.12 bits per heavy atom. The summed E-state index contributed by atoms with van der Waals surface area (Å²) in [5.41, 5.74) is 1.74. The first-order chi connectivity index (χ1) is 15.3. The summed E-state index contributed by atoms with van der Waals surface area (Å²) in [6.07, 6.45) is 2.94. The highest BCUT2D eigenvalue weighted by Gasteiger charge is 2.22. The zero-order valence-electron chi connectivity index (χ0n) is 17.4. The van der Waals surface area contributed by atoms with Gasteiger partial charge in [0, 0.05) is 17.8 Å². The molecule has 0 fully saturated rings. The number of pyridine rings is 1. The molecule has 0 amide bonds. The maximum absolute atomic E-state index is 13.0. The van der Waals surface area contributed by atoms with Crippen LogP contribution in [0.1, 0.15) is 11.5 Å². The first-order valence-corrected chi connectivity index (χ1v) is 10.9. The van der Waals surface area contributed by atoms with Crippen LogP contribution in [0.2, 0.25) is 0 Å². The van der Waals surface area contributed by atoms with Crippen LogP contribution in [0.25, 0.3) is 16.9 Å². The lowest BCUT2D eigenvalue weighted by Crippen LogP contribution is -2.21. The number of aromatic nitrogens is 4. The third kappa shape index (κ3) is 3.97. The number of nitrogens with zero attached hydrogens (tertiary/aromatic N) is 4. The fourth-order valence-corrected chi connectivity index (χ4v) is 4.42. The van der Waals surface area contributed by atoms with Gasteiger partial charge in [-0.1, -0.05) is 5.16 Å². The molecule has 11 heteroatoms. The molecule has 0 radical (unpaired) electrons. The Balaban J connectivity index is 1.81. The second kappa shape index (κ2) is 8.27. The number of sulfonamides is 1. The van der Waals surface area contributed by atoms with Crippen LogP contribution in [0.4, 0.5) is 5.69 Å². The lowest BCUT2D eigenvalue weighted by molar-refractivity contribution is 0.392. The SMILES string of the molecule is COc1ccc(-c2ccc(=O)n(-c3c(C)noc3C)n2)cc1S(=O)(=O)Nc1cccnc1. The van der Waals surface area contributed by atoms with E-state index in [1.165, 1.54) is 42.3 Å². The van der Waals surface area contributed by atoms with Gasteiger partial charge < -0.3 is 9.26 Å². The molecule has 1 N–H and O–H groups in total. The molecule has 3 aromatic heterocycles. The average molecular weight is 453 g/mol. The van der Waals surface area contributed by atoms with Crippen molar-refractivity contribution in [3.8, 4) is 22.7 Å². The fourth-order valence-electron chi connectivity index (χ4n) is 3.19. The van der Waals surface area contributed by atoms with E-state index in [1.807, 2.05) is 0 Å². The van der Waals surface area contributed by atoms with Crippen LogP contribution in [-0.2, 0) is 10.0 Å². The topological polar surface area (TPSA) is 129 Å². The smallest absolute Gasteiger partial charge is 0.271 e. The van der Waals surface area contributed by atoms with Crippen LogP contribution in [0.5, 0.6) is 5.75 Å². The lowest BCUT2D eigenvalue weighted by atomic mass is 10.1. The molecule has 0 unspecified atom stereocenters. The van der Waals surface area contributed by atoms with E-state index in [0.717, 1.165) is 0 Å². The zero-order valence-corrected chi connectivity index (χ0v) is 18.3. The van der Waals surface area contributed by atoms with E-state index in [4.69, 9.17) is 9.26 Å². The summed E-state index contributed by atoms with van der Waals surface area (Å²) in [5, 5.41) is 8.27. The van der Waals surface area contributed by atoms with E-state index in [2.05, 4.69) is 20.0 Å². The van der Waals surface area contributed by atoms with Gasteiger partial charge in [-0.25, -0.2) is 8.42 Å². The molecule has 0 aliphatic heterocycles. The maximum atomic E-state index is 13.0. The van der Waals surface area contributed by atoms with Gasteiger partial charge in [0.25, 0.3) is 15.6 Å². The molecule has 4 aromatic rings. The van der Waals surface area contributed by atoms with Crippen LogP contribution in [0.3, 0.4) is 0 Å². The van der Waals surface area contributed by atoms with Gasteiger partial charge in [0.2, 0.25) is 0 Å². The molecule has 0 spiro atoms. The first-order valence-electron chi connectivity index (χ1n) is 9.45. The molecule has 1 aromatic carbocycles. The summed E-state index contributed by atoms with van der Waals surface area (Å²) in [7, 11) is -2.61. The lowest BCUT2D eigenvalue weighted by Gasteiger charge is -2.13. The van der Waals surface area contributed by atoms with Crippen molar-refractivity contribution in [3.05, 3.63) is 76.7 Å². The van der Waals surface area contributed by atoms with Gasteiger partial charge in [-0.3, -0.25) is 14.5 Å². The van der Waals surface area contributed by atoms with Crippen LogP contribution in [0.15, 0.2) is 69.1 Å². The van der Waals surface area contributed by atoms with E-state index in [1.54, 1.807) is 38.2 Å². The molecule has 0 aliphatic rings.